The van der Waals surface area contributed by atoms with Gasteiger partial charge < -0.3 is 10.8 Å². The summed E-state index contributed by atoms with van der Waals surface area (Å²) in [6, 6.07) is 0.170. The summed E-state index contributed by atoms with van der Waals surface area (Å²) in [4.78, 5) is 11.2. The second-order valence-corrected chi connectivity index (χ2v) is 5.43. The van der Waals surface area contributed by atoms with Crippen molar-refractivity contribution in [1.29, 1.82) is 0 Å². The lowest BCUT2D eigenvalue weighted by atomic mass is 9.50. The number of aliphatic carboxylic acids is 1. The monoisotopic (exact) mass is 195 g/mol. The maximum absolute atomic E-state index is 11.2. The quantitative estimate of drug-likeness (QED) is 0.658. The number of carbonyl (C=O) groups is 1. The van der Waals surface area contributed by atoms with Crippen LogP contribution in [-0.2, 0) is 4.79 Å². The van der Waals surface area contributed by atoms with Crippen molar-refractivity contribution >= 4 is 5.97 Å². The SMILES string of the molecule is NC1C2CC3CC(C2)C(C(=O)O)C1C3. The standard InChI is InChI=1S/C11H17NO2/c12-10-7-2-5-1-6(4-7)9(11(13)14)8(10)3-5/h5-10H,1-4,12H2,(H,13,14). The molecule has 0 aromatic heterocycles. The Morgan fingerprint density at radius 3 is 2.57 bits per heavy atom. The van der Waals surface area contributed by atoms with Gasteiger partial charge in [0.05, 0.1) is 5.92 Å². The molecule has 78 valence electrons. The van der Waals surface area contributed by atoms with Gasteiger partial charge >= 0.3 is 5.97 Å². The van der Waals surface area contributed by atoms with Crippen molar-refractivity contribution in [3.63, 3.8) is 0 Å². The van der Waals surface area contributed by atoms with E-state index >= 15 is 0 Å². The van der Waals surface area contributed by atoms with Crippen molar-refractivity contribution in [2.24, 2.45) is 35.3 Å². The van der Waals surface area contributed by atoms with Gasteiger partial charge in [0.25, 0.3) is 0 Å². The number of hydrogen-bond acceptors (Lipinski definition) is 2. The van der Waals surface area contributed by atoms with Crippen molar-refractivity contribution in [1.82, 2.24) is 0 Å². The molecule has 4 fully saturated rings. The molecule has 4 saturated carbocycles. The van der Waals surface area contributed by atoms with Gasteiger partial charge in [0.1, 0.15) is 0 Å². The molecule has 4 aliphatic carbocycles. The topological polar surface area (TPSA) is 63.3 Å². The Morgan fingerprint density at radius 2 is 1.86 bits per heavy atom. The Morgan fingerprint density at radius 1 is 1.14 bits per heavy atom. The number of rotatable bonds is 1. The molecule has 0 aliphatic heterocycles. The van der Waals surface area contributed by atoms with E-state index in [1.54, 1.807) is 0 Å². The number of carboxylic acids is 1. The van der Waals surface area contributed by atoms with E-state index in [9.17, 15) is 9.90 Å². The van der Waals surface area contributed by atoms with Gasteiger partial charge in [-0.3, -0.25) is 4.79 Å². The predicted molar refractivity (Wildman–Crippen MR) is 51.5 cm³/mol. The summed E-state index contributed by atoms with van der Waals surface area (Å²) in [5.41, 5.74) is 6.13. The molecule has 14 heavy (non-hydrogen) atoms. The van der Waals surface area contributed by atoms with E-state index < -0.39 is 5.97 Å². The zero-order valence-corrected chi connectivity index (χ0v) is 8.23. The summed E-state index contributed by atoms with van der Waals surface area (Å²) in [6.07, 6.45) is 4.56. The first-order valence-corrected chi connectivity index (χ1v) is 5.65. The van der Waals surface area contributed by atoms with Crippen LogP contribution in [0.15, 0.2) is 0 Å². The van der Waals surface area contributed by atoms with Crippen LogP contribution in [-0.4, -0.2) is 17.1 Å². The molecule has 0 heterocycles. The Balaban J connectivity index is 1.93. The largest absolute Gasteiger partial charge is 0.481 e. The maximum atomic E-state index is 11.2. The summed E-state index contributed by atoms with van der Waals surface area (Å²) in [5, 5.41) is 9.21. The molecular formula is C11H17NO2. The van der Waals surface area contributed by atoms with Gasteiger partial charge in [-0.05, 0) is 49.4 Å². The number of nitrogens with two attached hydrogens (primary N) is 1. The maximum Gasteiger partial charge on any atom is 0.307 e. The van der Waals surface area contributed by atoms with E-state index in [1.165, 1.54) is 6.42 Å². The first-order valence-electron chi connectivity index (χ1n) is 5.65. The average Bonchev–Trinajstić information content (AvgIpc) is 2.12. The van der Waals surface area contributed by atoms with Gasteiger partial charge in [0.15, 0.2) is 0 Å². The fourth-order valence-electron chi connectivity index (χ4n) is 4.35. The van der Waals surface area contributed by atoms with Crippen LogP contribution < -0.4 is 5.73 Å². The van der Waals surface area contributed by atoms with E-state index in [0.717, 1.165) is 25.2 Å². The molecular weight excluding hydrogens is 178 g/mol. The molecule has 0 aromatic rings. The van der Waals surface area contributed by atoms with Crippen LogP contribution >= 0.6 is 0 Å². The minimum Gasteiger partial charge on any atom is -0.481 e. The van der Waals surface area contributed by atoms with Crippen LogP contribution in [0.3, 0.4) is 0 Å². The normalized spacial score (nSPS) is 54.9. The molecule has 0 aromatic carbocycles. The molecule has 3 nitrogen and oxygen atoms in total. The third kappa shape index (κ3) is 0.991. The van der Waals surface area contributed by atoms with Crippen molar-refractivity contribution < 1.29 is 9.90 Å². The Labute approximate surface area is 83.7 Å². The Kier molecular flexibility index (Phi) is 1.69. The van der Waals surface area contributed by atoms with Crippen molar-refractivity contribution in [2.75, 3.05) is 0 Å². The zero-order chi connectivity index (χ0) is 9.87. The molecule has 0 amide bonds. The molecule has 0 saturated heterocycles. The van der Waals surface area contributed by atoms with Gasteiger partial charge in [0, 0.05) is 6.04 Å². The van der Waals surface area contributed by atoms with Gasteiger partial charge in [0.2, 0.25) is 0 Å². The van der Waals surface area contributed by atoms with Gasteiger partial charge in [-0.2, -0.15) is 0 Å². The van der Waals surface area contributed by atoms with Crippen molar-refractivity contribution in [3.8, 4) is 0 Å². The minimum atomic E-state index is -0.603. The first kappa shape index (κ1) is 8.72. The highest BCUT2D eigenvalue weighted by Crippen LogP contribution is 2.55. The molecule has 3 heteroatoms. The molecule has 4 aliphatic rings. The first-order chi connectivity index (χ1) is 6.66. The minimum absolute atomic E-state index is 0.127. The third-order valence-electron chi connectivity index (χ3n) is 4.78. The molecule has 0 spiro atoms. The highest BCUT2D eigenvalue weighted by Gasteiger charge is 2.54. The van der Waals surface area contributed by atoms with E-state index in [4.69, 9.17) is 5.73 Å². The van der Waals surface area contributed by atoms with E-state index in [1.807, 2.05) is 0 Å². The lowest BCUT2D eigenvalue weighted by Gasteiger charge is -2.56. The second kappa shape index (κ2) is 2.72. The lowest BCUT2D eigenvalue weighted by Crippen LogP contribution is -2.58. The van der Waals surface area contributed by atoms with Crippen LogP contribution in [0.4, 0.5) is 0 Å². The summed E-state index contributed by atoms with van der Waals surface area (Å²) >= 11 is 0. The predicted octanol–water partition coefficient (Wildman–Crippen LogP) is 1.08. The van der Waals surface area contributed by atoms with E-state index in [2.05, 4.69) is 0 Å². The molecule has 4 bridgehead atoms. The Bertz CT molecular complexity index is 278. The zero-order valence-electron chi connectivity index (χ0n) is 8.23. The summed E-state index contributed by atoms with van der Waals surface area (Å²) < 4.78 is 0. The third-order valence-corrected chi connectivity index (χ3v) is 4.78. The van der Waals surface area contributed by atoms with Crippen LogP contribution in [0.5, 0.6) is 0 Å². The van der Waals surface area contributed by atoms with Crippen LogP contribution in [0.1, 0.15) is 25.7 Å². The van der Waals surface area contributed by atoms with E-state index in [-0.39, 0.29) is 17.9 Å². The molecule has 0 radical (unpaired) electrons. The summed E-state index contributed by atoms with van der Waals surface area (Å²) in [7, 11) is 0. The lowest BCUT2D eigenvalue weighted by molar-refractivity contribution is -0.157. The smallest absolute Gasteiger partial charge is 0.307 e. The molecule has 6 unspecified atom stereocenters. The number of carboxylic acid groups (broad SMARTS) is 1. The highest BCUT2D eigenvalue weighted by atomic mass is 16.4. The fraction of sp³-hybridized carbons (Fsp3) is 0.909. The average molecular weight is 195 g/mol. The molecule has 6 atom stereocenters. The van der Waals surface area contributed by atoms with Gasteiger partial charge in [-0.15, -0.1) is 0 Å². The Hall–Kier alpha value is -0.570. The van der Waals surface area contributed by atoms with Crippen LogP contribution in [0.25, 0.3) is 0 Å². The van der Waals surface area contributed by atoms with Gasteiger partial charge in [-0.25, -0.2) is 0 Å². The van der Waals surface area contributed by atoms with E-state index in [0.29, 0.717) is 11.8 Å². The van der Waals surface area contributed by atoms with Crippen LogP contribution in [0.2, 0.25) is 0 Å². The summed E-state index contributed by atoms with van der Waals surface area (Å²) in [5.74, 6) is 1.41. The molecule has 4 rings (SSSR count). The van der Waals surface area contributed by atoms with Crippen molar-refractivity contribution in [2.45, 2.75) is 31.7 Å². The number of hydrogen-bond donors (Lipinski definition) is 2. The van der Waals surface area contributed by atoms with Crippen molar-refractivity contribution in [3.05, 3.63) is 0 Å². The summed E-state index contributed by atoms with van der Waals surface area (Å²) in [6.45, 7) is 0. The highest BCUT2D eigenvalue weighted by molar-refractivity contribution is 5.71. The van der Waals surface area contributed by atoms with Crippen LogP contribution in [0, 0.1) is 29.6 Å². The molecule has 3 N–H and O–H groups in total. The fourth-order valence-corrected chi connectivity index (χ4v) is 4.35. The second-order valence-electron chi connectivity index (χ2n) is 5.43. The van der Waals surface area contributed by atoms with Gasteiger partial charge in [-0.1, -0.05) is 0 Å².